The number of H-pyrrole nitrogens is 1. The Kier molecular flexibility index (Phi) is 2.63. The summed E-state index contributed by atoms with van der Waals surface area (Å²) in [7, 11) is 0. The van der Waals surface area contributed by atoms with Gasteiger partial charge in [-0.05, 0) is 31.1 Å². The molecule has 0 aromatic carbocycles. The van der Waals surface area contributed by atoms with E-state index in [4.69, 9.17) is 5.73 Å². The summed E-state index contributed by atoms with van der Waals surface area (Å²) >= 11 is 0. The van der Waals surface area contributed by atoms with Crippen molar-refractivity contribution in [3.63, 3.8) is 0 Å². The fourth-order valence-electron chi connectivity index (χ4n) is 3.21. The van der Waals surface area contributed by atoms with Gasteiger partial charge < -0.3 is 15.6 Å². The lowest BCUT2D eigenvalue weighted by Gasteiger charge is -2.27. The topological polar surface area (TPSA) is 75.0 Å². The van der Waals surface area contributed by atoms with E-state index >= 15 is 0 Å². The molecule has 0 radical (unpaired) electrons. The zero-order valence-electron chi connectivity index (χ0n) is 9.80. The van der Waals surface area contributed by atoms with Gasteiger partial charge >= 0.3 is 0 Å². The Balaban J connectivity index is 1.80. The number of nitrogens with two attached hydrogens (primary N) is 1. The molecule has 0 bridgehead atoms. The molecule has 1 saturated carbocycles. The van der Waals surface area contributed by atoms with E-state index in [0.29, 0.717) is 23.7 Å². The van der Waals surface area contributed by atoms with Gasteiger partial charge in [0.2, 0.25) is 0 Å². The molecule has 17 heavy (non-hydrogen) atoms. The molecule has 5 nitrogen and oxygen atoms in total. The van der Waals surface area contributed by atoms with E-state index in [-0.39, 0.29) is 5.56 Å². The van der Waals surface area contributed by atoms with Crippen molar-refractivity contribution in [2.24, 2.45) is 17.6 Å². The predicted octanol–water partition coefficient (Wildman–Crippen LogP) is 0.333. The average Bonchev–Trinajstić information content (AvgIpc) is 2.72. The largest absolute Gasteiger partial charge is 0.351 e. The molecule has 5 heteroatoms. The molecule has 1 aliphatic carbocycles. The minimum atomic E-state index is -0.0876. The highest BCUT2D eigenvalue weighted by atomic mass is 16.1. The van der Waals surface area contributed by atoms with E-state index in [2.05, 4.69) is 14.9 Å². The zero-order chi connectivity index (χ0) is 11.8. The summed E-state index contributed by atoms with van der Waals surface area (Å²) in [6.45, 7) is 1.88. The second-order valence-electron chi connectivity index (χ2n) is 5.24. The van der Waals surface area contributed by atoms with Crippen molar-refractivity contribution in [1.29, 1.82) is 0 Å². The fourth-order valence-corrected chi connectivity index (χ4v) is 3.21. The quantitative estimate of drug-likeness (QED) is 0.734. The summed E-state index contributed by atoms with van der Waals surface area (Å²) in [5, 5.41) is 0. The first-order chi connectivity index (χ1) is 8.24. The molecule has 1 aliphatic heterocycles. The maximum absolute atomic E-state index is 11.7. The van der Waals surface area contributed by atoms with E-state index in [0.717, 1.165) is 25.9 Å². The number of hydrogen-bond acceptors (Lipinski definition) is 4. The van der Waals surface area contributed by atoms with Crippen LogP contribution in [0.25, 0.3) is 0 Å². The molecule has 3 rings (SSSR count). The molecule has 2 aliphatic rings. The molecule has 1 saturated heterocycles. The van der Waals surface area contributed by atoms with Crippen LogP contribution in [0.5, 0.6) is 0 Å². The van der Waals surface area contributed by atoms with Gasteiger partial charge in [0.25, 0.3) is 5.56 Å². The van der Waals surface area contributed by atoms with Crippen LogP contribution in [0.15, 0.2) is 17.2 Å². The van der Waals surface area contributed by atoms with E-state index in [1.54, 1.807) is 12.4 Å². The lowest BCUT2D eigenvalue weighted by atomic mass is 9.79. The maximum Gasteiger partial charge on any atom is 0.290 e. The minimum absolute atomic E-state index is 0.0876. The Bertz CT molecular complexity index is 458. The smallest absolute Gasteiger partial charge is 0.290 e. The molecule has 1 aromatic heterocycles. The van der Waals surface area contributed by atoms with Crippen LogP contribution in [0.3, 0.4) is 0 Å². The van der Waals surface area contributed by atoms with Gasteiger partial charge in [0.1, 0.15) is 0 Å². The summed E-state index contributed by atoms with van der Waals surface area (Å²) in [4.78, 5) is 20.7. The van der Waals surface area contributed by atoms with Crippen LogP contribution in [-0.2, 0) is 0 Å². The minimum Gasteiger partial charge on any atom is -0.351 e. The monoisotopic (exact) mass is 234 g/mol. The van der Waals surface area contributed by atoms with Gasteiger partial charge in [0, 0.05) is 31.5 Å². The van der Waals surface area contributed by atoms with Crippen molar-refractivity contribution in [3.8, 4) is 0 Å². The van der Waals surface area contributed by atoms with Crippen molar-refractivity contribution in [1.82, 2.24) is 9.97 Å². The van der Waals surface area contributed by atoms with Crippen LogP contribution >= 0.6 is 0 Å². The van der Waals surface area contributed by atoms with Gasteiger partial charge in [-0.2, -0.15) is 0 Å². The maximum atomic E-state index is 11.7. The molecule has 3 N–H and O–H groups in total. The molecule has 0 amide bonds. The Morgan fingerprint density at radius 1 is 1.35 bits per heavy atom. The highest BCUT2D eigenvalue weighted by Gasteiger charge is 2.37. The molecule has 0 spiro atoms. The van der Waals surface area contributed by atoms with E-state index in [9.17, 15) is 4.79 Å². The third-order valence-corrected chi connectivity index (χ3v) is 4.08. The molecule has 2 fully saturated rings. The molecule has 1 aromatic rings. The highest BCUT2D eigenvalue weighted by Crippen LogP contribution is 2.36. The number of aromatic amines is 1. The summed E-state index contributed by atoms with van der Waals surface area (Å²) in [6, 6.07) is 0.346. The number of fused-ring (bicyclic) bond motifs is 1. The normalized spacial score (nSPS) is 32.5. The molecule has 92 valence electrons. The summed E-state index contributed by atoms with van der Waals surface area (Å²) < 4.78 is 0. The molecular weight excluding hydrogens is 216 g/mol. The summed E-state index contributed by atoms with van der Waals surface area (Å²) in [5.41, 5.74) is 5.92. The zero-order valence-corrected chi connectivity index (χ0v) is 9.80. The van der Waals surface area contributed by atoms with Crippen LogP contribution in [0.4, 0.5) is 5.82 Å². The van der Waals surface area contributed by atoms with Crippen molar-refractivity contribution in [2.75, 3.05) is 18.0 Å². The number of anilines is 1. The van der Waals surface area contributed by atoms with Crippen LogP contribution in [0, 0.1) is 11.8 Å². The Morgan fingerprint density at radius 3 is 3.00 bits per heavy atom. The van der Waals surface area contributed by atoms with Crippen molar-refractivity contribution in [2.45, 2.75) is 25.3 Å². The molecule has 2 heterocycles. The first-order valence-corrected chi connectivity index (χ1v) is 6.28. The number of nitrogens with one attached hydrogen (secondary N) is 1. The van der Waals surface area contributed by atoms with Gasteiger partial charge in [0.05, 0.1) is 0 Å². The van der Waals surface area contributed by atoms with Crippen LogP contribution in [0.2, 0.25) is 0 Å². The van der Waals surface area contributed by atoms with Crippen molar-refractivity contribution >= 4 is 5.82 Å². The van der Waals surface area contributed by atoms with Crippen LogP contribution in [0.1, 0.15) is 19.3 Å². The first kappa shape index (κ1) is 10.8. The summed E-state index contributed by atoms with van der Waals surface area (Å²) in [5.74, 6) is 1.90. The molecule has 3 atom stereocenters. The second-order valence-corrected chi connectivity index (χ2v) is 5.24. The third kappa shape index (κ3) is 1.95. The van der Waals surface area contributed by atoms with Gasteiger partial charge in [-0.1, -0.05) is 0 Å². The molecular formula is C12H18N4O. The average molecular weight is 234 g/mol. The Hall–Kier alpha value is -1.36. The summed E-state index contributed by atoms with van der Waals surface area (Å²) in [6.07, 6.45) is 6.61. The van der Waals surface area contributed by atoms with Crippen molar-refractivity contribution in [3.05, 3.63) is 22.7 Å². The second kappa shape index (κ2) is 4.14. The Labute approximate surface area is 100 Å². The number of hydrogen-bond donors (Lipinski definition) is 2. The molecule has 1 unspecified atom stereocenters. The van der Waals surface area contributed by atoms with Gasteiger partial charge in [0.15, 0.2) is 5.82 Å². The van der Waals surface area contributed by atoms with Crippen LogP contribution < -0.4 is 16.2 Å². The van der Waals surface area contributed by atoms with E-state index in [1.165, 1.54) is 6.42 Å². The van der Waals surface area contributed by atoms with Gasteiger partial charge in [-0.3, -0.25) is 4.79 Å². The number of nitrogens with zero attached hydrogens (tertiary/aromatic N) is 2. The van der Waals surface area contributed by atoms with Crippen molar-refractivity contribution < 1.29 is 0 Å². The standard InChI is InChI=1S/C12H18N4O/c13-10-2-1-8-6-16(7-9(8)5-10)11-12(17)15-4-3-14-11/h3-4,8-10H,1-2,5-7,13H2,(H,15,17)/t8-,9+,10?/m1/s1. The lowest BCUT2D eigenvalue weighted by Crippen LogP contribution is -2.32. The fraction of sp³-hybridized carbons (Fsp3) is 0.667. The van der Waals surface area contributed by atoms with E-state index < -0.39 is 0 Å². The number of rotatable bonds is 1. The SMILES string of the molecule is NC1CC[C@@H]2CN(c3ncc[nH]c3=O)C[C@@H]2C1. The van der Waals surface area contributed by atoms with E-state index in [1.807, 2.05) is 0 Å². The lowest BCUT2D eigenvalue weighted by molar-refractivity contribution is 0.271. The Morgan fingerprint density at radius 2 is 2.18 bits per heavy atom. The predicted molar refractivity (Wildman–Crippen MR) is 65.9 cm³/mol. The highest BCUT2D eigenvalue weighted by molar-refractivity contribution is 5.37. The first-order valence-electron chi connectivity index (χ1n) is 6.28. The number of aromatic nitrogens is 2. The van der Waals surface area contributed by atoms with Gasteiger partial charge in [-0.15, -0.1) is 0 Å². The van der Waals surface area contributed by atoms with Gasteiger partial charge in [-0.25, -0.2) is 4.98 Å². The van der Waals surface area contributed by atoms with Crippen LogP contribution in [-0.4, -0.2) is 29.1 Å². The third-order valence-electron chi connectivity index (χ3n) is 4.08.